The quantitative estimate of drug-likeness (QED) is 0.775. The minimum absolute atomic E-state index is 0.0646. The first kappa shape index (κ1) is 14.0. The molecule has 0 radical (unpaired) electrons. The van der Waals surface area contributed by atoms with Crippen molar-refractivity contribution in [1.82, 2.24) is 4.90 Å². The first-order chi connectivity index (χ1) is 8.02. The fraction of sp³-hybridized carbons (Fsp3) is 0.846. The molecule has 1 saturated heterocycles. The van der Waals surface area contributed by atoms with Gasteiger partial charge in [0.2, 0.25) is 5.91 Å². The molecule has 17 heavy (non-hydrogen) atoms. The molecule has 1 aliphatic rings. The molecule has 2 unspecified atom stereocenters. The minimum atomic E-state index is -0.824. The Kier molecular flexibility index (Phi) is 5.45. The fourth-order valence-corrected chi connectivity index (χ4v) is 2.50. The number of carbonyl (C=O) groups is 2. The molecule has 1 aliphatic heterocycles. The van der Waals surface area contributed by atoms with Crippen LogP contribution in [0.3, 0.4) is 0 Å². The molecule has 0 saturated carbocycles. The van der Waals surface area contributed by atoms with Crippen LogP contribution >= 0.6 is 0 Å². The van der Waals surface area contributed by atoms with Crippen LogP contribution in [0.25, 0.3) is 0 Å². The molecule has 0 aliphatic carbocycles. The van der Waals surface area contributed by atoms with Gasteiger partial charge in [-0.1, -0.05) is 20.3 Å². The minimum Gasteiger partial charge on any atom is -0.481 e. The van der Waals surface area contributed by atoms with Crippen molar-refractivity contribution in [2.45, 2.75) is 46.0 Å². The maximum absolute atomic E-state index is 11.9. The molecule has 0 aromatic carbocycles. The van der Waals surface area contributed by atoms with Gasteiger partial charge in [-0.25, -0.2) is 0 Å². The number of hydrogen-bond acceptors (Lipinski definition) is 2. The third-order valence-corrected chi connectivity index (χ3v) is 3.38. The zero-order valence-electron chi connectivity index (χ0n) is 10.8. The summed E-state index contributed by atoms with van der Waals surface area (Å²) in [5.41, 5.74) is 0. The van der Waals surface area contributed by atoms with Crippen LogP contribution in [0.15, 0.2) is 0 Å². The standard InChI is InChI=1S/C13H23NO3/c1-3-4-11-5-6-14(9-11)12(15)7-10(2)8-13(16)17/h10-11H,3-9H2,1-2H3,(H,16,17). The number of carboxylic acid groups (broad SMARTS) is 1. The van der Waals surface area contributed by atoms with Crippen LogP contribution < -0.4 is 0 Å². The van der Waals surface area contributed by atoms with Crippen molar-refractivity contribution in [3.8, 4) is 0 Å². The van der Waals surface area contributed by atoms with Crippen molar-refractivity contribution >= 4 is 11.9 Å². The summed E-state index contributed by atoms with van der Waals surface area (Å²) in [5.74, 6) is -0.114. The molecule has 0 spiro atoms. The molecular formula is C13H23NO3. The Morgan fingerprint density at radius 1 is 1.41 bits per heavy atom. The number of hydrogen-bond donors (Lipinski definition) is 1. The third-order valence-electron chi connectivity index (χ3n) is 3.38. The van der Waals surface area contributed by atoms with Crippen molar-refractivity contribution in [3.63, 3.8) is 0 Å². The van der Waals surface area contributed by atoms with Crippen LogP contribution in [-0.2, 0) is 9.59 Å². The molecule has 4 nitrogen and oxygen atoms in total. The highest BCUT2D eigenvalue weighted by atomic mass is 16.4. The number of nitrogens with zero attached hydrogens (tertiary/aromatic N) is 1. The highest BCUT2D eigenvalue weighted by molar-refractivity contribution is 5.77. The van der Waals surface area contributed by atoms with Crippen molar-refractivity contribution in [2.24, 2.45) is 11.8 Å². The van der Waals surface area contributed by atoms with E-state index in [2.05, 4.69) is 6.92 Å². The molecule has 0 aromatic rings. The summed E-state index contributed by atoms with van der Waals surface area (Å²) in [7, 11) is 0. The SMILES string of the molecule is CCCC1CCN(C(=O)CC(C)CC(=O)O)C1. The number of aliphatic carboxylic acids is 1. The van der Waals surface area contributed by atoms with Crippen LogP contribution in [0.1, 0.15) is 46.0 Å². The summed E-state index contributed by atoms with van der Waals surface area (Å²) < 4.78 is 0. The molecule has 1 heterocycles. The predicted octanol–water partition coefficient (Wildman–Crippen LogP) is 2.14. The summed E-state index contributed by atoms with van der Waals surface area (Å²) in [6, 6.07) is 0. The Morgan fingerprint density at radius 2 is 2.12 bits per heavy atom. The first-order valence-corrected chi connectivity index (χ1v) is 6.52. The molecule has 1 amide bonds. The van der Waals surface area contributed by atoms with Crippen molar-refractivity contribution in [3.05, 3.63) is 0 Å². The average Bonchev–Trinajstić information content (AvgIpc) is 2.65. The lowest BCUT2D eigenvalue weighted by Gasteiger charge is -2.18. The molecule has 1 fully saturated rings. The number of amides is 1. The van der Waals surface area contributed by atoms with E-state index in [0.717, 1.165) is 19.5 Å². The van der Waals surface area contributed by atoms with E-state index in [1.807, 2.05) is 11.8 Å². The lowest BCUT2D eigenvalue weighted by Crippen LogP contribution is -2.30. The summed E-state index contributed by atoms with van der Waals surface area (Å²) >= 11 is 0. The second-order valence-corrected chi connectivity index (χ2v) is 5.19. The van der Waals surface area contributed by atoms with E-state index < -0.39 is 5.97 Å². The molecule has 0 bridgehead atoms. The molecule has 1 N–H and O–H groups in total. The topological polar surface area (TPSA) is 57.6 Å². The lowest BCUT2D eigenvalue weighted by molar-refractivity contribution is -0.138. The van der Waals surface area contributed by atoms with Gasteiger partial charge in [0, 0.05) is 25.9 Å². The Morgan fingerprint density at radius 3 is 2.71 bits per heavy atom. The highest BCUT2D eigenvalue weighted by Crippen LogP contribution is 2.22. The van der Waals surface area contributed by atoms with E-state index in [1.165, 1.54) is 12.8 Å². The van der Waals surface area contributed by atoms with Gasteiger partial charge in [0.1, 0.15) is 0 Å². The zero-order chi connectivity index (χ0) is 12.8. The zero-order valence-corrected chi connectivity index (χ0v) is 10.8. The third kappa shape index (κ3) is 4.75. The molecule has 2 atom stereocenters. The molecule has 1 rings (SSSR count). The maximum Gasteiger partial charge on any atom is 0.303 e. The Hall–Kier alpha value is -1.06. The van der Waals surface area contributed by atoms with Crippen LogP contribution in [-0.4, -0.2) is 35.0 Å². The first-order valence-electron chi connectivity index (χ1n) is 6.52. The summed E-state index contributed by atoms with van der Waals surface area (Å²) in [6.45, 7) is 5.71. The van der Waals surface area contributed by atoms with E-state index in [-0.39, 0.29) is 18.2 Å². The van der Waals surface area contributed by atoms with E-state index in [0.29, 0.717) is 12.3 Å². The van der Waals surface area contributed by atoms with Crippen molar-refractivity contribution < 1.29 is 14.7 Å². The van der Waals surface area contributed by atoms with Crippen molar-refractivity contribution in [1.29, 1.82) is 0 Å². The number of carboxylic acids is 1. The Bertz CT molecular complexity index is 278. The van der Waals surface area contributed by atoms with Gasteiger partial charge in [-0.2, -0.15) is 0 Å². The van der Waals surface area contributed by atoms with Gasteiger partial charge in [0.25, 0.3) is 0 Å². The van der Waals surface area contributed by atoms with Crippen LogP contribution in [0.4, 0.5) is 0 Å². The van der Waals surface area contributed by atoms with E-state index >= 15 is 0 Å². The highest BCUT2D eigenvalue weighted by Gasteiger charge is 2.26. The molecular weight excluding hydrogens is 218 g/mol. The summed E-state index contributed by atoms with van der Waals surface area (Å²) in [4.78, 5) is 24.3. The van der Waals surface area contributed by atoms with Gasteiger partial charge in [0.05, 0.1) is 0 Å². The lowest BCUT2D eigenvalue weighted by atomic mass is 10.0. The largest absolute Gasteiger partial charge is 0.481 e. The second-order valence-electron chi connectivity index (χ2n) is 5.19. The number of likely N-dealkylation sites (tertiary alicyclic amines) is 1. The van der Waals surface area contributed by atoms with E-state index in [1.54, 1.807) is 0 Å². The molecule has 98 valence electrons. The predicted molar refractivity (Wildman–Crippen MR) is 65.6 cm³/mol. The normalized spacial score (nSPS) is 21.5. The molecule has 4 heteroatoms. The van der Waals surface area contributed by atoms with Gasteiger partial charge in [0.15, 0.2) is 0 Å². The smallest absolute Gasteiger partial charge is 0.303 e. The maximum atomic E-state index is 11.9. The number of rotatable bonds is 6. The van der Waals surface area contributed by atoms with Crippen molar-refractivity contribution in [2.75, 3.05) is 13.1 Å². The average molecular weight is 241 g/mol. The second kappa shape index (κ2) is 6.62. The van der Waals surface area contributed by atoms with Gasteiger partial charge in [-0.3, -0.25) is 9.59 Å². The molecule has 0 aromatic heterocycles. The van der Waals surface area contributed by atoms with Gasteiger partial charge < -0.3 is 10.0 Å². The Labute approximate surface area is 103 Å². The van der Waals surface area contributed by atoms with Gasteiger partial charge in [-0.05, 0) is 24.7 Å². The number of carbonyl (C=O) groups excluding carboxylic acids is 1. The summed E-state index contributed by atoms with van der Waals surface area (Å²) in [5, 5.41) is 8.65. The van der Waals surface area contributed by atoms with Gasteiger partial charge >= 0.3 is 5.97 Å². The van der Waals surface area contributed by atoms with E-state index in [9.17, 15) is 9.59 Å². The fourth-order valence-electron chi connectivity index (χ4n) is 2.50. The monoisotopic (exact) mass is 241 g/mol. The van der Waals surface area contributed by atoms with E-state index in [4.69, 9.17) is 5.11 Å². The van der Waals surface area contributed by atoms with Crippen LogP contribution in [0.2, 0.25) is 0 Å². The Balaban J connectivity index is 2.31. The summed E-state index contributed by atoms with van der Waals surface area (Å²) in [6.07, 6.45) is 3.91. The van der Waals surface area contributed by atoms with Crippen LogP contribution in [0.5, 0.6) is 0 Å². The van der Waals surface area contributed by atoms with Gasteiger partial charge in [-0.15, -0.1) is 0 Å². The van der Waals surface area contributed by atoms with Crippen LogP contribution in [0, 0.1) is 11.8 Å².